The maximum Gasteiger partial charge on any atom is 0.161 e. The number of hydrogen-bond acceptors (Lipinski definition) is 3. The fraction of sp³-hybridized carbons (Fsp3) is 0.400. The summed E-state index contributed by atoms with van der Waals surface area (Å²) in [5.41, 5.74) is 0.730. The van der Waals surface area contributed by atoms with Crippen LogP contribution >= 0.6 is 0 Å². The smallest absolute Gasteiger partial charge is 0.161 e. The number of benzene rings is 1. The Balaban J connectivity index is 2.61. The van der Waals surface area contributed by atoms with E-state index in [4.69, 9.17) is 0 Å². The summed E-state index contributed by atoms with van der Waals surface area (Å²) in [6.45, 7) is 3.58. The van der Waals surface area contributed by atoms with E-state index in [9.17, 15) is 10.2 Å². The van der Waals surface area contributed by atoms with Crippen molar-refractivity contribution in [2.75, 3.05) is 6.54 Å². The van der Waals surface area contributed by atoms with Gasteiger partial charge < -0.3 is 15.5 Å². The van der Waals surface area contributed by atoms with E-state index in [-0.39, 0.29) is 11.5 Å². The Kier molecular flexibility index (Phi) is 3.58. The van der Waals surface area contributed by atoms with Gasteiger partial charge in [-0.1, -0.05) is 19.1 Å². The van der Waals surface area contributed by atoms with Gasteiger partial charge in [-0.25, -0.2) is 0 Å². The summed E-state index contributed by atoms with van der Waals surface area (Å²) in [7, 11) is 0. The first-order valence-electron chi connectivity index (χ1n) is 4.46. The summed E-state index contributed by atoms with van der Waals surface area (Å²) in [4.78, 5) is 0. The zero-order chi connectivity index (χ0) is 9.68. The molecule has 0 aromatic heterocycles. The molecule has 0 spiro atoms. The van der Waals surface area contributed by atoms with E-state index >= 15 is 0 Å². The van der Waals surface area contributed by atoms with E-state index < -0.39 is 0 Å². The summed E-state index contributed by atoms with van der Waals surface area (Å²) in [6, 6.07) is 4.98. The van der Waals surface area contributed by atoms with Gasteiger partial charge in [-0.15, -0.1) is 0 Å². The van der Waals surface area contributed by atoms with Crippen molar-refractivity contribution in [3.05, 3.63) is 23.8 Å². The standard InChI is InChI=1S/C10H15NO2/c1-2-6-11-7-8-4-3-5-9(12)10(8)13/h3-5,11-13H,2,6-7H2,1H3. The van der Waals surface area contributed by atoms with Crippen LogP contribution in [0.4, 0.5) is 0 Å². The highest BCUT2D eigenvalue weighted by Crippen LogP contribution is 2.27. The van der Waals surface area contributed by atoms with Gasteiger partial charge in [0.05, 0.1) is 0 Å². The molecule has 3 nitrogen and oxygen atoms in total. The molecule has 13 heavy (non-hydrogen) atoms. The van der Waals surface area contributed by atoms with E-state index in [0.717, 1.165) is 18.5 Å². The lowest BCUT2D eigenvalue weighted by molar-refractivity contribution is 0.398. The van der Waals surface area contributed by atoms with Crippen LogP contribution in [0.2, 0.25) is 0 Å². The molecule has 1 rings (SSSR count). The van der Waals surface area contributed by atoms with Gasteiger partial charge >= 0.3 is 0 Å². The number of aromatic hydroxyl groups is 2. The first-order chi connectivity index (χ1) is 6.25. The van der Waals surface area contributed by atoms with Gasteiger partial charge in [0.25, 0.3) is 0 Å². The minimum absolute atomic E-state index is 0.0221. The van der Waals surface area contributed by atoms with Crippen LogP contribution in [0, 0.1) is 0 Å². The molecule has 3 heteroatoms. The minimum atomic E-state index is -0.0594. The van der Waals surface area contributed by atoms with Crippen molar-refractivity contribution in [1.29, 1.82) is 0 Å². The summed E-state index contributed by atoms with van der Waals surface area (Å²) >= 11 is 0. The molecule has 0 aliphatic carbocycles. The van der Waals surface area contributed by atoms with Crippen molar-refractivity contribution in [2.24, 2.45) is 0 Å². The van der Waals surface area contributed by atoms with Crippen molar-refractivity contribution in [2.45, 2.75) is 19.9 Å². The van der Waals surface area contributed by atoms with Crippen LogP contribution in [-0.2, 0) is 6.54 Å². The van der Waals surface area contributed by atoms with Gasteiger partial charge in [0.1, 0.15) is 0 Å². The number of phenolic OH excluding ortho intramolecular Hbond substituents is 2. The molecule has 0 unspecified atom stereocenters. The molecule has 0 saturated heterocycles. The summed E-state index contributed by atoms with van der Waals surface area (Å²) < 4.78 is 0. The van der Waals surface area contributed by atoms with Gasteiger partial charge in [-0.05, 0) is 19.0 Å². The predicted octanol–water partition coefficient (Wildman–Crippen LogP) is 1.60. The predicted molar refractivity (Wildman–Crippen MR) is 51.8 cm³/mol. The van der Waals surface area contributed by atoms with Crippen LogP contribution in [0.15, 0.2) is 18.2 Å². The fourth-order valence-electron chi connectivity index (χ4n) is 1.12. The van der Waals surface area contributed by atoms with E-state index in [1.54, 1.807) is 12.1 Å². The molecule has 1 aromatic carbocycles. The van der Waals surface area contributed by atoms with Crippen LogP contribution < -0.4 is 5.32 Å². The Hall–Kier alpha value is -1.22. The lowest BCUT2D eigenvalue weighted by atomic mass is 10.2. The van der Waals surface area contributed by atoms with Gasteiger partial charge in [0.2, 0.25) is 0 Å². The number of hydrogen-bond donors (Lipinski definition) is 3. The van der Waals surface area contributed by atoms with Crippen LogP contribution in [0.5, 0.6) is 11.5 Å². The number of nitrogens with one attached hydrogen (secondary N) is 1. The molecule has 0 fully saturated rings. The number of rotatable bonds is 4. The Morgan fingerprint density at radius 2 is 2.08 bits per heavy atom. The molecule has 0 aliphatic rings. The lowest BCUT2D eigenvalue weighted by Crippen LogP contribution is -2.13. The lowest BCUT2D eigenvalue weighted by Gasteiger charge is -2.06. The summed E-state index contributed by atoms with van der Waals surface area (Å²) in [6.07, 6.45) is 1.06. The van der Waals surface area contributed by atoms with Gasteiger partial charge in [-0.2, -0.15) is 0 Å². The van der Waals surface area contributed by atoms with Gasteiger partial charge in [-0.3, -0.25) is 0 Å². The summed E-state index contributed by atoms with van der Waals surface area (Å²) in [5, 5.41) is 21.7. The average molecular weight is 181 g/mol. The van der Waals surface area contributed by atoms with Gasteiger partial charge in [0.15, 0.2) is 11.5 Å². The quantitative estimate of drug-likeness (QED) is 0.488. The molecule has 72 valence electrons. The maximum absolute atomic E-state index is 9.41. The zero-order valence-electron chi connectivity index (χ0n) is 7.75. The Morgan fingerprint density at radius 3 is 2.77 bits per heavy atom. The third-order valence-corrected chi connectivity index (χ3v) is 1.84. The molecule has 0 aliphatic heterocycles. The van der Waals surface area contributed by atoms with Crippen molar-refractivity contribution in [1.82, 2.24) is 5.32 Å². The fourth-order valence-corrected chi connectivity index (χ4v) is 1.12. The molecule has 0 bridgehead atoms. The summed E-state index contributed by atoms with van der Waals surface area (Å²) in [5.74, 6) is -0.0816. The van der Waals surface area contributed by atoms with E-state index in [0.29, 0.717) is 6.54 Å². The van der Waals surface area contributed by atoms with Crippen LogP contribution in [0.25, 0.3) is 0 Å². The third kappa shape index (κ3) is 2.63. The number of phenols is 2. The molecule has 0 heterocycles. The second-order valence-electron chi connectivity index (χ2n) is 2.96. The van der Waals surface area contributed by atoms with E-state index in [2.05, 4.69) is 12.2 Å². The molecule has 0 radical (unpaired) electrons. The second kappa shape index (κ2) is 4.72. The first kappa shape index (κ1) is 9.86. The SMILES string of the molecule is CCCNCc1cccc(O)c1O. The third-order valence-electron chi connectivity index (χ3n) is 1.84. The van der Waals surface area contributed by atoms with Crippen molar-refractivity contribution in [3.8, 4) is 11.5 Å². The normalized spacial score (nSPS) is 10.2. The van der Waals surface area contributed by atoms with Crippen LogP contribution in [-0.4, -0.2) is 16.8 Å². The molecular weight excluding hydrogens is 166 g/mol. The van der Waals surface area contributed by atoms with Crippen molar-refractivity contribution >= 4 is 0 Å². The maximum atomic E-state index is 9.41. The zero-order valence-corrected chi connectivity index (χ0v) is 7.75. The molecular formula is C10H15NO2. The van der Waals surface area contributed by atoms with E-state index in [1.165, 1.54) is 6.07 Å². The Morgan fingerprint density at radius 1 is 1.31 bits per heavy atom. The largest absolute Gasteiger partial charge is 0.504 e. The topological polar surface area (TPSA) is 52.5 Å². The second-order valence-corrected chi connectivity index (χ2v) is 2.96. The number of para-hydroxylation sites is 1. The van der Waals surface area contributed by atoms with E-state index in [1.807, 2.05) is 0 Å². The molecule has 1 aromatic rings. The molecule has 0 amide bonds. The first-order valence-corrected chi connectivity index (χ1v) is 4.46. The Labute approximate surface area is 78.0 Å². The highest BCUT2D eigenvalue weighted by atomic mass is 16.3. The van der Waals surface area contributed by atoms with Crippen LogP contribution in [0.1, 0.15) is 18.9 Å². The molecule has 3 N–H and O–H groups in total. The highest BCUT2D eigenvalue weighted by molar-refractivity contribution is 5.44. The monoisotopic (exact) mass is 181 g/mol. The average Bonchev–Trinajstić information content (AvgIpc) is 2.13. The van der Waals surface area contributed by atoms with Gasteiger partial charge in [0, 0.05) is 12.1 Å². The molecule has 0 saturated carbocycles. The van der Waals surface area contributed by atoms with Crippen molar-refractivity contribution in [3.63, 3.8) is 0 Å². The van der Waals surface area contributed by atoms with Crippen molar-refractivity contribution < 1.29 is 10.2 Å². The highest BCUT2D eigenvalue weighted by Gasteiger charge is 2.03. The minimum Gasteiger partial charge on any atom is -0.504 e. The molecule has 0 atom stereocenters. The Bertz CT molecular complexity index is 274. The van der Waals surface area contributed by atoms with Crippen LogP contribution in [0.3, 0.4) is 0 Å².